The van der Waals surface area contributed by atoms with E-state index in [-0.39, 0.29) is 18.1 Å². The third-order valence-electron chi connectivity index (χ3n) is 5.07. The van der Waals surface area contributed by atoms with Crippen LogP contribution in [0.5, 0.6) is 0 Å². The number of nitrogens with zero attached hydrogens (tertiary/aromatic N) is 4. The average molecular weight is 382 g/mol. The second-order valence-electron chi connectivity index (χ2n) is 6.97. The van der Waals surface area contributed by atoms with Gasteiger partial charge in [-0.2, -0.15) is 5.10 Å². The molecule has 0 spiro atoms. The lowest BCUT2D eigenvalue weighted by atomic mass is 10.0. The van der Waals surface area contributed by atoms with Gasteiger partial charge in [0.1, 0.15) is 11.3 Å². The molecule has 2 N–H and O–H groups in total. The van der Waals surface area contributed by atoms with Crippen molar-refractivity contribution in [2.24, 2.45) is 0 Å². The maximum absolute atomic E-state index is 13.6. The van der Waals surface area contributed by atoms with Gasteiger partial charge in [0, 0.05) is 37.8 Å². The Hall–Kier alpha value is -2.87. The predicted molar refractivity (Wildman–Crippen MR) is 103 cm³/mol. The van der Waals surface area contributed by atoms with E-state index in [0.717, 1.165) is 36.4 Å². The molecule has 1 atom stereocenters. The number of hydrogen-bond acceptors (Lipinski definition) is 5. The van der Waals surface area contributed by atoms with Crippen LogP contribution in [0.15, 0.2) is 36.7 Å². The van der Waals surface area contributed by atoms with Crippen LogP contribution in [0.4, 0.5) is 4.39 Å². The van der Waals surface area contributed by atoms with Crippen molar-refractivity contribution in [3.63, 3.8) is 0 Å². The summed E-state index contributed by atoms with van der Waals surface area (Å²) >= 11 is 0. The van der Waals surface area contributed by atoms with Gasteiger partial charge in [-0.1, -0.05) is 18.2 Å². The van der Waals surface area contributed by atoms with Crippen molar-refractivity contribution in [3.05, 3.63) is 53.7 Å². The summed E-state index contributed by atoms with van der Waals surface area (Å²) in [5, 5.41) is 11.0. The molecule has 28 heavy (non-hydrogen) atoms. The van der Waals surface area contributed by atoms with Crippen LogP contribution < -0.4 is 10.6 Å². The third-order valence-corrected chi connectivity index (χ3v) is 5.07. The van der Waals surface area contributed by atoms with Gasteiger partial charge in [0.15, 0.2) is 5.65 Å². The number of hydrogen-bond donors (Lipinski definition) is 2. The predicted octanol–water partition coefficient (Wildman–Crippen LogP) is 1.79. The van der Waals surface area contributed by atoms with Gasteiger partial charge in [0.25, 0.3) is 0 Å². The molecule has 0 bridgehead atoms. The normalized spacial score (nSPS) is 16.5. The van der Waals surface area contributed by atoms with Crippen LogP contribution in [0.1, 0.15) is 30.0 Å². The van der Waals surface area contributed by atoms with E-state index in [4.69, 9.17) is 5.10 Å². The highest BCUT2D eigenvalue weighted by molar-refractivity contribution is 5.76. The zero-order valence-corrected chi connectivity index (χ0v) is 15.6. The lowest BCUT2D eigenvalue weighted by Gasteiger charge is -2.07. The van der Waals surface area contributed by atoms with Crippen LogP contribution in [0, 0.1) is 5.82 Å². The molecule has 3 heterocycles. The van der Waals surface area contributed by atoms with Gasteiger partial charge in [-0.15, -0.1) is 0 Å². The van der Waals surface area contributed by atoms with E-state index in [1.165, 1.54) is 6.07 Å². The molecule has 0 aliphatic carbocycles. The quantitative estimate of drug-likeness (QED) is 0.651. The van der Waals surface area contributed by atoms with E-state index in [2.05, 4.69) is 20.6 Å². The lowest BCUT2D eigenvalue weighted by Crippen LogP contribution is -2.27. The molecule has 7 nitrogen and oxygen atoms in total. The molecule has 1 amide bonds. The molecule has 4 rings (SSSR count). The first-order valence-corrected chi connectivity index (χ1v) is 9.60. The number of nitrogens with one attached hydrogen (secondary N) is 2. The number of carbonyl (C=O) groups is 1. The van der Waals surface area contributed by atoms with Crippen molar-refractivity contribution in [3.8, 4) is 0 Å². The van der Waals surface area contributed by atoms with E-state index in [1.54, 1.807) is 30.6 Å². The number of aryl methyl sites for hydroxylation is 1. The third kappa shape index (κ3) is 4.01. The molecule has 8 heteroatoms. The van der Waals surface area contributed by atoms with Crippen molar-refractivity contribution in [2.75, 3.05) is 19.6 Å². The smallest absolute Gasteiger partial charge is 0.220 e. The summed E-state index contributed by atoms with van der Waals surface area (Å²) in [5.41, 5.74) is 3.10. The minimum atomic E-state index is -0.272. The highest BCUT2D eigenvalue weighted by atomic mass is 19.1. The van der Waals surface area contributed by atoms with Gasteiger partial charge in [0.2, 0.25) is 5.91 Å². The fraction of sp³-hybridized carbons (Fsp3) is 0.400. The number of amides is 1. The molecule has 0 radical (unpaired) electrons. The molecule has 1 aliphatic rings. The SMILES string of the molecule is O=C(CCc1ccccc1F)NCCn1nc([C@H]2CCNC2)c2nccnc21. The van der Waals surface area contributed by atoms with E-state index in [0.29, 0.717) is 31.0 Å². The van der Waals surface area contributed by atoms with E-state index < -0.39 is 0 Å². The second kappa shape index (κ2) is 8.43. The van der Waals surface area contributed by atoms with E-state index in [1.807, 2.05) is 4.68 Å². The molecular formula is C20H23FN6O. The van der Waals surface area contributed by atoms with Crippen molar-refractivity contribution < 1.29 is 9.18 Å². The zero-order chi connectivity index (χ0) is 19.3. The van der Waals surface area contributed by atoms with Crippen molar-refractivity contribution in [1.82, 2.24) is 30.4 Å². The first kappa shape index (κ1) is 18.5. The summed E-state index contributed by atoms with van der Waals surface area (Å²) in [6.45, 7) is 2.83. The summed E-state index contributed by atoms with van der Waals surface area (Å²) < 4.78 is 15.4. The minimum Gasteiger partial charge on any atom is -0.354 e. The Bertz CT molecular complexity index is 966. The molecule has 0 unspecified atom stereocenters. The van der Waals surface area contributed by atoms with Crippen molar-refractivity contribution in [2.45, 2.75) is 31.7 Å². The summed E-state index contributed by atoms with van der Waals surface area (Å²) in [4.78, 5) is 21.0. The Morgan fingerprint density at radius 1 is 1.29 bits per heavy atom. The molecule has 0 saturated carbocycles. The first-order valence-electron chi connectivity index (χ1n) is 9.60. The minimum absolute atomic E-state index is 0.106. The second-order valence-corrected chi connectivity index (χ2v) is 6.97. The fourth-order valence-corrected chi connectivity index (χ4v) is 3.58. The molecule has 146 valence electrons. The van der Waals surface area contributed by atoms with Crippen molar-refractivity contribution >= 4 is 17.1 Å². The summed E-state index contributed by atoms with van der Waals surface area (Å²) in [6, 6.07) is 6.54. The zero-order valence-electron chi connectivity index (χ0n) is 15.6. The van der Waals surface area contributed by atoms with E-state index >= 15 is 0 Å². The Labute approximate surface area is 162 Å². The van der Waals surface area contributed by atoms with E-state index in [9.17, 15) is 9.18 Å². The maximum Gasteiger partial charge on any atom is 0.220 e. The summed E-state index contributed by atoms with van der Waals surface area (Å²) in [5.74, 6) is -0.0346. The van der Waals surface area contributed by atoms with Crippen LogP contribution in [0.3, 0.4) is 0 Å². The number of halogens is 1. The number of benzene rings is 1. The molecule has 3 aromatic rings. The topological polar surface area (TPSA) is 84.7 Å². The summed E-state index contributed by atoms with van der Waals surface area (Å²) in [6.07, 6.45) is 5.01. The van der Waals surface area contributed by atoms with Gasteiger partial charge in [0.05, 0.1) is 12.2 Å². The van der Waals surface area contributed by atoms with Crippen LogP contribution in [-0.4, -0.2) is 45.3 Å². The number of rotatable bonds is 7. The van der Waals surface area contributed by atoms with Crippen LogP contribution in [-0.2, 0) is 17.8 Å². The molecule has 2 aromatic heterocycles. The van der Waals surface area contributed by atoms with Crippen molar-refractivity contribution in [1.29, 1.82) is 0 Å². The highest BCUT2D eigenvalue weighted by Crippen LogP contribution is 2.26. The van der Waals surface area contributed by atoms with Gasteiger partial charge >= 0.3 is 0 Å². The Kier molecular flexibility index (Phi) is 5.57. The molecule has 1 fully saturated rings. The Balaban J connectivity index is 1.35. The van der Waals surface area contributed by atoms with Gasteiger partial charge in [-0.25, -0.2) is 19.0 Å². The van der Waals surface area contributed by atoms with Gasteiger partial charge in [-0.05, 0) is 31.0 Å². The van der Waals surface area contributed by atoms with Crippen LogP contribution >= 0.6 is 0 Å². The molecule has 1 aromatic carbocycles. The number of aromatic nitrogens is 4. The molecule has 1 saturated heterocycles. The highest BCUT2D eigenvalue weighted by Gasteiger charge is 2.24. The van der Waals surface area contributed by atoms with Gasteiger partial charge < -0.3 is 10.6 Å². The monoisotopic (exact) mass is 382 g/mol. The number of fused-ring (bicyclic) bond motifs is 1. The standard InChI is InChI=1S/C20H23FN6O/c21-16-4-2-1-3-14(16)5-6-17(28)23-11-12-27-20-19(24-9-10-25-20)18(26-27)15-7-8-22-13-15/h1-4,9-10,15,22H,5-8,11-13H2,(H,23,28)/t15-/m0/s1. The largest absolute Gasteiger partial charge is 0.354 e. The number of carbonyl (C=O) groups excluding carboxylic acids is 1. The van der Waals surface area contributed by atoms with Gasteiger partial charge in [-0.3, -0.25) is 4.79 Å². The van der Waals surface area contributed by atoms with Crippen LogP contribution in [0.25, 0.3) is 11.2 Å². The summed E-state index contributed by atoms with van der Waals surface area (Å²) in [7, 11) is 0. The Morgan fingerprint density at radius 2 is 2.14 bits per heavy atom. The lowest BCUT2D eigenvalue weighted by molar-refractivity contribution is -0.121. The average Bonchev–Trinajstić information content (AvgIpc) is 3.36. The Morgan fingerprint density at radius 3 is 2.96 bits per heavy atom. The fourth-order valence-electron chi connectivity index (χ4n) is 3.58. The first-order chi connectivity index (χ1) is 13.7. The van der Waals surface area contributed by atoms with Crippen LogP contribution in [0.2, 0.25) is 0 Å². The maximum atomic E-state index is 13.6. The molecular weight excluding hydrogens is 359 g/mol. The molecule has 1 aliphatic heterocycles.